The summed E-state index contributed by atoms with van der Waals surface area (Å²) in [5.41, 5.74) is 2.51. The van der Waals surface area contributed by atoms with E-state index in [1.807, 2.05) is 6.07 Å². The molecule has 3 aliphatic rings. The van der Waals surface area contributed by atoms with Crippen molar-refractivity contribution in [2.75, 3.05) is 34.0 Å². The molecule has 33 heavy (non-hydrogen) atoms. The third-order valence-corrected chi connectivity index (χ3v) is 7.29. The van der Waals surface area contributed by atoms with Crippen LogP contribution in [0, 0.1) is 5.41 Å². The van der Waals surface area contributed by atoms with Gasteiger partial charge in [0.05, 0.1) is 26.4 Å². The number of fused-ring (bicyclic) bond motifs is 6. The van der Waals surface area contributed by atoms with Gasteiger partial charge in [-0.05, 0) is 48.4 Å². The van der Waals surface area contributed by atoms with Crippen molar-refractivity contribution in [1.29, 1.82) is 0 Å². The summed E-state index contributed by atoms with van der Waals surface area (Å²) in [7, 11) is 3.32. The van der Waals surface area contributed by atoms with Crippen LogP contribution < -0.4 is 9.47 Å². The molecule has 1 aromatic rings. The first-order valence-corrected chi connectivity index (χ1v) is 11.9. The van der Waals surface area contributed by atoms with Crippen molar-refractivity contribution in [2.24, 2.45) is 5.41 Å². The zero-order chi connectivity index (χ0) is 23.8. The molecule has 1 fully saturated rings. The summed E-state index contributed by atoms with van der Waals surface area (Å²) in [6.45, 7) is 7.74. The molecule has 0 N–H and O–H groups in total. The van der Waals surface area contributed by atoms with Crippen molar-refractivity contribution in [3.63, 3.8) is 0 Å². The molecule has 7 heteroatoms. The van der Waals surface area contributed by atoms with E-state index in [-0.39, 0.29) is 47.8 Å². The van der Waals surface area contributed by atoms with Crippen molar-refractivity contribution in [1.82, 2.24) is 4.90 Å². The number of carbonyl (C=O) groups excluding carboxylic acids is 2. The summed E-state index contributed by atoms with van der Waals surface area (Å²) in [5, 5.41) is 0. The van der Waals surface area contributed by atoms with E-state index in [9.17, 15) is 9.59 Å². The van der Waals surface area contributed by atoms with Gasteiger partial charge in [0.15, 0.2) is 17.3 Å². The minimum absolute atomic E-state index is 0.0384. The number of hydrogen-bond donors (Lipinski definition) is 0. The molecule has 2 unspecified atom stereocenters. The highest BCUT2D eigenvalue weighted by atomic mass is 16.5. The van der Waals surface area contributed by atoms with E-state index in [1.165, 1.54) is 5.56 Å². The fourth-order valence-corrected chi connectivity index (χ4v) is 5.80. The number of carbonyl (C=O) groups is 2. The molecular formula is C26H35NO6. The van der Waals surface area contributed by atoms with Crippen LogP contribution in [0.2, 0.25) is 0 Å². The van der Waals surface area contributed by atoms with E-state index in [1.54, 1.807) is 27.3 Å². The Kier molecular flexibility index (Phi) is 6.71. The molecule has 180 valence electrons. The maximum Gasteiger partial charge on any atom is 0.343 e. The number of methoxy groups -OCH3 is 2. The molecule has 2 heterocycles. The predicted octanol–water partition coefficient (Wildman–Crippen LogP) is 4.16. The number of nitrogens with zero attached hydrogens (tertiary/aromatic N) is 1. The summed E-state index contributed by atoms with van der Waals surface area (Å²) < 4.78 is 22.0. The van der Waals surface area contributed by atoms with Gasteiger partial charge in [-0.3, -0.25) is 4.79 Å². The number of Topliss-reactive ketones (excluding diaryl/α,β-unsaturated/α-hetero) is 1. The predicted molar refractivity (Wildman–Crippen MR) is 123 cm³/mol. The van der Waals surface area contributed by atoms with Gasteiger partial charge in [-0.15, -0.1) is 0 Å². The van der Waals surface area contributed by atoms with Crippen LogP contribution in [0.4, 0.5) is 0 Å². The van der Waals surface area contributed by atoms with E-state index in [2.05, 4.69) is 24.8 Å². The Labute approximate surface area is 196 Å². The largest absolute Gasteiger partial charge is 0.493 e. The van der Waals surface area contributed by atoms with Gasteiger partial charge in [0.1, 0.15) is 5.57 Å². The molecule has 0 bridgehead atoms. The van der Waals surface area contributed by atoms with Crippen LogP contribution in [0.25, 0.3) is 0 Å². The summed E-state index contributed by atoms with van der Waals surface area (Å²) in [6.07, 6.45) is 4.91. The first-order valence-electron chi connectivity index (χ1n) is 11.9. The van der Waals surface area contributed by atoms with Crippen LogP contribution in [-0.2, 0) is 19.1 Å². The van der Waals surface area contributed by atoms with Crippen molar-refractivity contribution in [3.8, 4) is 11.5 Å². The average Bonchev–Trinajstić information content (AvgIpc) is 3.11. The third-order valence-electron chi connectivity index (χ3n) is 7.29. The Morgan fingerprint density at radius 2 is 1.91 bits per heavy atom. The smallest absolute Gasteiger partial charge is 0.343 e. The van der Waals surface area contributed by atoms with Crippen LogP contribution in [-0.4, -0.2) is 56.7 Å². The summed E-state index contributed by atoms with van der Waals surface area (Å²) >= 11 is 0. The normalized spacial score (nSPS) is 25.0. The summed E-state index contributed by atoms with van der Waals surface area (Å²) in [6, 6.07) is 4.19. The van der Waals surface area contributed by atoms with Crippen LogP contribution >= 0.6 is 0 Å². The highest BCUT2D eigenvalue weighted by Gasteiger charge is 2.53. The number of ketones is 1. The summed E-state index contributed by atoms with van der Waals surface area (Å²) in [5.74, 6) is 0.972. The minimum Gasteiger partial charge on any atom is -0.493 e. The lowest BCUT2D eigenvalue weighted by atomic mass is 9.73. The van der Waals surface area contributed by atoms with Crippen LogP contribution in [0.5, 0.6) is 11.5 Å². The average molecular weight is 458 g/mol. The van der Waals surface area contributed by atoms with Crippen molar-refractivity contribution in [3.05, 3.63) is 35.0 Å². The van der Waals surface area contributed by atoms with Gasteiger partial charge in [0.25, 0.3) is 0 Å². The monoisotopic (exact) mass is 457 g/mol. The van der Waals surface area contributed by atoms with Gasteiger partial charge in [0, 0.05) is 44.7 Å². The van der Waals surface area contributed by atoms with E-state index in [0.29, 0.717) is 19.0 Å². The molecule has 2 aliphatic heterocycles. The molecule has 0 aromatic heterocycles. The number of rotatable bonds is 8. The van der Waals surface area contributed by atoms with E-state index in [4.69, 9.17) is 18.9 Å². The van der Waals surface area contributed by atoms with Gasteiger partial charge in [-0.2, -0.15) is 0 Å². The summed E-state index contributed by atoms with van der Waals surface area (Å²) in [4.78, 5) is 27.7. The van der Waals surface area contributed by atoms with Crippen LogP contribution in [0.3, 0.4) is 0 Å². The van der Waals surface area contributed by atoms with Gasteiger partial charge >= 0.3 is 5.97 Å². The zero-order valence-corrected chi connectivity index (χ0v) is 20.3. The van der Waals surface area contributed by atoms with Gasteiger partial charge in [-0.25, -0.2) is 4.79 Å². The maximum absolute atomic E-state index is 13.0. The van der Waals surface area contributed by atoms with Crippen molar-refractivity contribution >= 4 is 11.8 Å². The Morgan fingerprint density at radius 3 is 2.61 bits per heavy atom. The Morgan fingerprint density at radius 1 is 1.15 bits per heavy atom. The Hall–Kier alpha value is -2.54. The standard InChI is InChI=1S/C26H35NO6/c1-6-32-25(29)19-15-27-20(14-21(19)28)18-13-22(31-5)23(33-11-7-10-30-4)12-17(18)16-8-9-26(2,3)24(16)27/h12-13,15-16,20,24H,6-11,14H2,1-5H3/t16?,20?,24-/m0/s1. The van der Waals surface area contributed by atoms with E-state index < -0.39 is 5.97 Å². The number of ether oxygens (including phenoxy) is 4. The van der Waals surface area contributed by atoms with Gasteiger partial charge in [0.2, 0.25) is 0 Å². The van der Waals surface area contributed by atoms with E-state index >= 15 is 0 Å². The first kappa shape index (κ1) is 23.6. The molecule has 3 atom stereocenters. The molecule has 0 spiro atoms. The lowest BCUT2D eigenvalue weighted by molar-refractivity contribution is -0.140. The SMILES string of the molecule is CCOC(=O)C1=CN2C(CC1=O)c1cc(OC)c(OCCCOC)cc1C1CCC(C)(C)[C@H]12. The molecule has 1 saturated carbocycles. The van der Waals surface area contributed by atoms with Crippen LogP contribution in [0.1, 0.15) is 69.5 Å². The lowest BCUT2D eigenvalue weighted by Gasteiger charge is -2.50. The second kappa shape index (κ2) is 9.37. The number of benzene rings is 1. The quantitative estimate of drug-likeness (QED) is 0.330. The first-order chi connectivity index (χ1) is 15.8. The lowest BCUT2D eigenvalue weighted by Crippen LogP contribution is -2.50. The van der Waals surface area contributed by atoms with E-state index in [0.717, 1.165) is 30.6 Å². The fourth-order valence-electron chi connectivity index (χ4n) is 5.80. The Bertz CT molecular complexity index is 952. The minimum atomic E-state index is -0.531. The second-order valence-electron chi connectivity index (χ2n) is 9.76. The van der Waals surface area contributed by atoms with Crippen LogP contribution in [0.15, 0.2) is 23.9 Å². The molecular weight excluding hydrogens is 422 g/mol. The molecule has 1 aliphatic carbocycles. The molecule has 0 saturated heterocycles. The maximum atomic E-state index is 13.0. The molecule has 7 nitrogen and oxygen atoms in total. The van der Waals surface area contributed by atoms with Gasteiger partial charge < -0.3 is 23.8 Å². The Balaban J connectivity index is 1.77. The van der Waals surface area contributed by atoms with Crippen molar-refractivity contribution < 1.29 is 28.5 Å². The number of hydrogen-bond acceptors (Lipinski definition) is 7. The zero-order valence-electron chi connectivity index (χ0n) is 20.3. The molecule has 1 aromatic carbocycles. The van der Waals surface area contributed by atoms with Gasteiger partial charge in [-0.1, -0.05) is 13.8 Å². The molecule has 4 rings (SSSR count). The highest BCUT2D eigenvalue weighted by molar-refractivity contribution is 6.17. The highest BCUT2D eigenvalue weighted by Crippen LogP contribution is 2.58. The second-order valence-corrected chi connectivity index (χ2v) is 9.76. The fraction of sp³-hybridized carbons (Fsp3) is 0.615. The molecule has 0 radical (unpaired) electrons. The van der Waals surface area contributed by atoms with Crippen molar-refractivity contribution in [2.45, 2.75) is 64.5 Å². The molecule has 0 amide bonds. The number of esters is 1. The topological polar surface area (TPSA) is 74.3 Å². The third kappa shape index (κ3) is 4.23.